The fraction of sp³-hybridized carbons (Fsp3) is 0.500. The monoisotopic (exact) mass is 554 g/mol. The number of carbonyl (C=O) groups is 1. The molecule has 0 radical (unpaired) electrons. The van der Waals surface area contributed by atoms with Gasteiger partial charge in [-0.2, -0.15) is 4.98 Å². The summed E-state index contributed by atoms with van der Waals surface area (Å²) >= 11 is 0. The van der Waals surface area contributed by atoms with E-state index in [0.717, 1.165) is 16.3 Å². The van der Waals surface area contributed by atoms with Crippen molar-refractivity contribution in [1.82, 2.24) is 19.9 Å². The molecule has 214 valence electrons. The summed E-state index contributed by atoms with van der Waals surface area (Å²) in [6.07, 6.45) is 1.80. The molecule has 2 N–H and O–H groups in total. The van der Waals surface area contributed by atoms with Crippen LogP contribution in [0.2, 0.25) is 0 Å². The minimum absolute atomic E-state index is 0.116. The summed E-state index contributed by atoms with van der Waals surface area (Å²) in [6, 6.07) is 7.55. The predicted octanol–water partition coefficient (Wildman–Crippen LogP) is 3.65. The molecular weight excluding hydrogens is 519 g/mol. The highest BCUT2D eigenvalue weighted by molar-refractivity contribution is 5.92. The van der Waals surface area contributed by atoms with Gasteiger partial charge < -0.3 is 34.4 Å². The lowest BCUT2D eigenvalue weighted by Crippen LogP contribution is -2.46. The lowest BCUT2D eigenvalue weighted by Gasteiger charge is -2.34. The summed E-state index contributed by atoms with van der Waals surface area (Å²) in [5.41, 5.74) is 1.15. The average Bonchev–Trinajstić information content (AvgIpc) is 3.27. The van der Waals surface area contributed by atoms with Gasteiger partial charge in [-0.25, -0.2) is 19.2 Å². The Morgan fingerprint density at radius 1 is 1.23 bits per heavy atom. The number of aliphatic hydroxyl groups is 1. The highest BCUT2D eigenvalue weighted by Gasteiger charge is 2.32. The summed E-state index contributed by atoms with van der Waals surface area (Å²) in [5.74, 6) is 2.51. The van der Waals surface area contributed by atoms with Crippen LogP contribution < -0.4 is 15.0 Å². The van der Waals surface area contributed by atoms with Crippen molar-refractivity contribution in [3.05, 3.63) is 42.2 Å². The second kappa shape index (κ2) is 12.2. The topological polar surface area (TPSA) is 122 Å². The number of alkyl halides is 1. The number of cyclic esters (lactones) is 1. The molecule has 0 bridgehead atoms. The molecule has 1 aromatic carbocycles. The van der Waals surface area contributed by atoms with Crippen LogP contribution in [0.3, 0.4) is 0 Å². The zero-order valence-corrected chi connectivity index (χ0v) is 22.9. The molecule has 1 amide bonds. The van der Waals surface area contributed by atoms with E-state index in [-0.39, 0.29) is 37.8 Å². The van der Waals surface area contributed by atoms with Gasteiger partial charge in [-0.1, -0.05) is 19.9 Å². The third-order valence-electron chi connectivity index (χ3n) is 7.27. The number of benzene rings is 1. The maximum atomic E-state index is 14.7. The maximum absolute atomic E-state index is 14.7. The van der Waals surface area contributed by atoms with Crippen LogP contribution in [0.1, 0.15) is 31.7 Å². The molecule has 2 aliphatic heterocycles. The first-order valence-electron chi connectivity index (χ1n) is 13.5. The smallest absolute Gasteiger partial charge is 0.410 e. The Kier molecular flexibility index (Phi) is 8.46. The van der Waals surface area contributed by atoms with Crippen LogP contribution in [0, 0.1) is 0 Å². The number of amides is 1. The molecule has 0 aliphatic carbocycles. The van der Waals surface area contributed by atoms with Crippen LogP contribution in [0.15, 0.2) is 36.7 Å². The molecule has 4 heterocycles. The van der Waals surface area contributed by atoms with Crippen molar-refractivity contribution in [2.75, 3.05) is 56.8 Å². The number of piperidine rings is 1. The maximum Gasteiger partial charge on any atom is 0.410 e. The van der Waals surface area contributed by atoms with Crippen molar-refractivity contribution >= 4 is 34.4 Å². The number of halogens is 1. The Bertz CT molecular complexity index is 1340. The molecule has 1 unspecified atom stereocenters. The number of carbonyl (C=O) groups excluding carboxylic acids is 1. The van der Waals surface area contributed by atoms with Gasteiger partial charge in [0.05, 0.1) is 25.9 Å². The van der Waals surface area contributed by atoms with Crippen LogP contribution >= 0.6 is 0 Å². The Morgan fingerprint density at radius 3 is 2.80 bits per heavy atom. The van der Waals surface area contributed by atoms with E-state index in [2.05, 4.69) is 40.2 Å². The molecule has 0 saturated carbocycles. The first-order valence-corrected chi connectivity index (χ1v) is 13.5. The molecule has 5 rings (SSSR count). The van der Waals surface area contributed by atoms with Gasteiger partial charge in [-0.05, 0) is 41.5 Å². The number of aliphatic hydroxyl groups excluding tert-OH is 1. The Morgan fingerprint density at radius 2 is 2.08 bits per heavy atom. The Labute approximate surface area is 232 Å². The van der Waals surface area contributed by atoms with Crippen molar-refractivity contribution in [3.63, 3.8) is 0 Å². The molecule has 2 fully saturated rings. The van der Waals surface area contributed by atoms with E-state index in [9.17, 15) is 9.18 Å². The second-order valence-electron chi connectivity index (χ2n) is 10.3. The van der Waals surface area contributed by atoms with E-state index in [0.29, 0.717) is 49.5 Å². The lowest BCUT2D eigenvalue weighted by molar-refractivity contribution is -0.0262. The van der Waals surface area contributed by atoms with Gasteiger partial charge in [0.1, 0.15) is 42.8 Å². The number of fused-ring (bicyclic) bond motifs is 1. The van der Waals surface area contributed by atoms with Gasteiger partial charge >= 0.3 is 6.09 Å². The van der Waals surface area contributed by atoms with Gasteiger partial charge in [0.25, 0.3) is 0 Å². The summed E-state index contributed by atoms with van der Waals surface area (Å²) < 4.78 is 31.3. The number of ether oxygens (including phenoxy) is 3. The third-order valence-corrected chi connectivity index (χ3v) is 7.27. The largest absolute Gasteiger partial charge is 0.491 e. The first kappa shape index (κ1) is 27.8. The van der Waals surface area contributed by atoms with E-state index in [4.69, 9.17) is 19.3 Å². The number of pyridine rings is 1. The highest BCUT2D eigenvalue weighted by atomic mass is 19.1. The van der Waals surface area contributed by atoms with E-state index in [1.807, 2.05) is 12.1 Å². The zero-order chi connectivity index (χ0) is 28.2. The van der Waals surface area contributed by atoms with Crippen LogP contribution in [0.4, 0.5) is 26.8 Å². The van der Waals surface area contributed by atoms with Gasteiger partial charge in [-0.3, -0.25) is 0 Å². The number of nitrogens with zero attached hydrogens (tertiary/aromatic N) is 5. The van der Waals surface area contributed by atoms with Crippen molar-refractivity contribution in [3.8, 4) is 5.75 Å². The fourth-order valence-electron chi connectivity index (χ4n) is 4.97. The molecule has 2 aromatic heterocycles. The highest BCUT2D eigenvalue weighted by Crippen LogP contribution is 2.34. The number of aromatic nitrogens is 3. The number of rotatable bonds is 10. The molecule has 12 heteroatoms. The quantitative estimate of drug-likeness (QED) is 0.384. The van der Waals surface area contributed by atoms with Crippen LogP contribution in [-0.2, 0) is 9.47 Å². The summed E-state index contributed by atoms with van der Waals surface area (Å²) in [5, 5.41) is 14.1. The fourth-order valence-corrected chi connectivity index (χ4v) is 4.97. The lowest BCUT2D eigenvalue weighted by atomic mass is 9.96. The molecule has 2 saturated heterocycles. The molecule has 2 aliphatic rings. The van der Waals surface area contributed by atoms with Gasteiger partial charge in [0.2, 0.25) is 5.95 Å². The van der Waals surface area contributed by atoms with E-state index >= 15 is 0 Å². The second-order valence-corrected chi connectivity index (χ2v) is 10.3. The molecule has 40 heavy (non-hydrogen) atoms. The number of likely N-dealkylation sites (N-methyl/N-ethyl adjacent to an activating group) is 1. The zero-order valence-electron chi connectivity index (χ0n) is 22.9. The van der Waals surface area contributed by atoms with Gasteiger partial charge in [0, 0.05) is 31.4 Å². The minimum Gasteiger partial charge on any atom is -0.491 e. The third kappa shape index (κ3) is 6.02. The van der Waals surface area contributed by atoms with Crippen LogP contribution in [-0.4, -0.2) is 95.9 Å². The standard InChI is InChI=1S/C28H35FN6O5/c1-17(2)19-4-5-23(39-15-18-16-40-28(37)34(18)3)21-13-31-26(12-20(19)21)32-25-6-8-30-27(33-25)35-9-7-24(22(29)14-35)38-11-10-36/h4-6,8,12-13,17-18,22,24,36H,7,9-11,14-16H2,1-3H3,(H,30,31,32,33)/t18?,22-,24+/m0/s1. The summed E-state index contributed by atoms with van der Waals surface area (Å²) in [6.45, 7) is 5.53. The van der Waals surface area contributed by atoms with Crippen molar-refractivity contribution in [2.24, 2.45) is 0 Å². The van der Waals surface area contributed by atoms with E-state index in [1.165, 1.54) is 0 Å². The molecule has 3 aromatic rings. The van der Waals surface area contributed by atoms with E-state index < -0.39 is 12.3 Å². The van der Waals surface area contributed by atoms with Gasteiger partial charge in [-0.15, -0.1) is 0 Å². The minimum atomic E-state index is -1.20. The SMILES string of the molecule is CC(C)c1ccc(OCC2COC(=O)N2C)c2cnc(Nc3ccnc(N4CC[C@@H](OCCO)[C@@H](F)C4)n3)cc12. The number of nitrogens with one attached hydrogen (secondary N) is 1. The number of hydrogen-bond acceptors (Lipinski definition) is 10. The molecular formula is C28H35FN6O5. The van der Waals surface area contributed by atoms with Crippen molar-refractivity contribution < 1.29 is 28.5 Å². The van der Waals surface area contributed by atoms with Crippen LogP contribution in [0.5, 0.6) is 5.75 Å². The average molecular weight is 555 g/mol. The summed E-state index contributed by atoms with van der Waals surface area (Å²) in [7, 11) is 1.70. The van der Waals surface area contributed by atoms with Crippen molar-refractivity contribution in [2.45, 2.75) is 44.5 Å². The van der Waals surface area contributed by atoms with E-state index in [1.54, 1.807) is 35.3 Å². The number of hydrogen-bond donors (Lipinski definition) is 2. The van der Waals surface area contributed by atoms with Crippen LogP contribution in [0.25, 0.3) is 10.8 Å². The normalized spacial score (nSPS) is 21.2. The Balaban J connectivity index is 1.33. The van der Waals surface area contributed by atoms with Gasteiger partial charge in [0.15, 0.2) is 0 Å². The number of anilines is 3. The summed E-state index contributed by atoms with van der Waals surface area (Å²) in [4.78, 5) is 28.6. The molecule has 3 atom stereocenters. The Hall–Kier alpha value is -3.77. The molecule has 0 spiro atoms. The predicted molar refractivity (Wildman–Crippen MR) is 148 cm³/mol. The first-order chi connectivity index (χ1) is 19.3. The molecule has 11 nitrogen and oxygen atoms in total. The van der Waals surface area contributed by atoms with Crippen molar-refractivity contribution in [1.29, 1.82) is 0 Å².